The molecule has 9 N–H and O–H groups in total. The highest BCUT2D eigenvalue weighted by molar-refractivity contribution is 7.47. The Hall–Kier alpha value is -1.19. The van der Waals surface area contributed by atoms with E-state index in [9.17, 15) is 44.6 Å². The molecule has 1 aliphatic carbocycles. The summed E-state index contributed by atoms with van der Waals surface area (Å²) in [6.45, 7) is 3.33. The van der Waals surface area contributed by atoms with E-state index in [0.717, 1.165) is 38.5 Å². The number of unbranched alkanes of at least 4 members (excludes halogenated alkanes) is 28. The Morgan fingerprint density at radius 3 is 1.12 bits per heavy atom. The summed E-state index contributed by atoms with van der Waals surface area (Å²) >= 11 is 0. The summed E-state index contributed by atoms with van der Waals surface area (Å²) < 4.78 is 33.6. The molecule has 1 aliphatic rings. The standard InChI is InChI=1S/C45H87O13P.H3N/c1-3-5-7-9-11-13-15-17-19-21-23-25-27-29-31-33-38(46)55-35-37(36-56-59(53,54)58-45-43(51)41(49)40(48)42(50)44(45)52)57-39(47)34-32-30-28-26-24-22-20-18-16-14-12-10-8-6-4-2;/h37,40-45,48-52H,3-36H2,1-2H3,(H,53,54);1H3/t37-,40?,41-,42+,43+,44+,45?;/m0./s1. The molecule has 1 fully saturated rings. The molecule has 0 spiro atoms. The molecule has 60 heavy (non-hydrogen) atoms. The van der Waals surface area contributed by atoms with Gasteiger partial charge in [-0.2, -0.15) is 0 Å². The fourth-order valence-electron chi connectivity index (χ4n) is 7.58. The van der Waals surface area contributed by atoms with E-state index in [4.69, 9.17) is 18.5 Å². The van der Waals surface area contributed by atoms with Crippen molar-refractivity contribution in [1.82, 2.24) is 6.15 Å². The van der Waals surface area contributed by atoms with E-state index in [2.05, 4.69) is 13.8 Å². The Labute approximate surface area is 363 Å². The first-order valence-electron chi connectivity index (χ1n) is 23.8. The molecule has 0 heterocycles. The molecule has 0 bridgehead atoms. The van der Waals surface area contributed by atoms with Crippen molar-refractivity contribution in [2.45, 2.75) is 262 Å². The molecule has 0 aromatic rings. The van der Waals surface area contributed by atoms with Crippen LogP contribution in [0.5, 0.6) is 0 Å². The van der Waals surface area contributed by atoms with Crippen LogP contribution in [0.25, 0.3) is 0 Å². The summed E-state index contributed by atoms with van der Waals surface area (Å²) in [5, 5.41) is 50.1. The Morgan fingerprint density at radius 1 is 0.467 bits per heavy atom. The molecular formula is C45H90NO13P. The van der Waals surface area contributed by atoms with Crippen molar-refractivity contribution < 1.29 is 63.1 Å². The fraction of sp³-hybridized carbons (Fsp3) is 0.956. The van der Waals surface area contributed by atoms with Crippen molar-refractivity contribution >= 4 is 19.8 Å². The summed E-state index contributed by atoms with van der Waals surface area (Å²) in [7, 11) is -5.11. The average molecular weight is 884 g/mol. The maximum Gasteiger partial charge on any atom is 0.472 e. The van der Waals surface area contributed by atoms with Gasteiger partial charge in [-0.1, -0.05) is 194 Å². The minimum absolute atomic E-state index is 0. The molecule has 358 valence electrons. The molecule has 0 radical (unpaired) electrons. The minimum Gasteiger partial charge on any atom is -0.462 e. The zero-order chi connectivity index (χ0) is 43.6. The Kier molecular flexibility index (Phi) is 37.5. The monoisotopic (exact) mass is 884 g/mol. The maximum absolute atomic E-state index is 12.8. The largest absolute Gasteiger partial charge is 0.472 e. The average Bonchev–Trinajstić information content (AvgIpc) is 3.21. The number of aliphatic hydroxyl groups excluding tert-OH is 5. The van der Waals surface area contributed by atoms with Gasteiger partial charge in [-0.25, -0.2) is 4.57 Å². The topological polar surface area (TPSA) is 245 Å². The summed E-state index contributed by atoms with van der Waals surface area (Å²) in [6, 6.07) is 0. The van der Waals surface area contributed by atoms with Crippen molar-refractivity contribution in [3.8, 4) is 0 Å². The lowest BCUT2D eigenvalue weighted by atomic mass is 9.85. The maximum atomic E-state index is 12.8. The lowest BCUT2D eigenvalue weighted by Gasteiger charge is -2.41. The normalized spacial score (nSPS) is 21.9. The number of ether oxygens (including phenoxy) is 2. The number of rotatable bonds is 40. The summed E-state index contributed by atoms with van der Waals surface area (Å²) in [6.07, 6.45) is 22.9. The number of esters is 2. The summed E-state index contributed by atoms with van der Waals surface area (Å²) in [5.74, 6) is -1.08. The van der Waals surface area contributed by atoms with E-state index in [0.29, 0.717) is 12.8 Å². The van der Waals surface area contributed by atoms with Gasteiger partial charge in [0.15, 0.2) is 6.10 Å². The Bertz CT molecular complexity index is 1060. The number of hydrogen-bond donors (Lipinski definition) is 7. The summed E-state index contributed by atoms with van der Waals surface area (Å²) in [4.78, 5) is 35.7. The third kappa shape index (κ3) is 30.0. The van der Waals surface area contributed by atoms with Gasteiger partial charge in [0, 0.05) is 12.8 Å². The second-order valence-electron chi connectivity index (χ2n) is 17.0. The molecule has 3 unspecified atom stereocenters. The summed E-state index contributed by atoms with van der Waals surface area (Å²) in [5.41, 5.74) is 0. The van der Waals surface area contributed by atoms with E-state index in [-0.39, 0.29) is 19.0 Å². The first-order valence-corrected chi connectivity index (χ1v) is 25.3. The smallest absolute Gasteiger partial charge is 0.462 e. The van der Waals surface area contributed by atoms with Gasteiger partial charge in [0.25, 0.3) is 0 Å². The van der Waals surface area contributed by atoms with Gasteiger partial charge in [0.2, 0.25) is 0 Å². The van der Waals surface area contributed by atoms with Gasteiger partial charge in [0.05, 0.1) is 6.61 Å². The van der Waals surface area contributed by atoms with E-state index in [1.807, 2.05) is 0 Å². The fourth-order valence-corrected chi connectivity index (χ4v) is 8.56. The molecule has 14 nitrogen and oxygen atoms in total. The van der Waals surface area contributed by atoms with Gasteiger partial charge >= 0.3 is 19.8 Å². The molecular weight excluding hydrogens is 793 g/mol. The van der Waals surface area contributed by atoms with Gasteiger partial charge in [-0.05, 0) is 12.8 Å². The van der Waals surface area contributed by atoms with Crippen LogP contribution in [0.2, 0.25) is 0 Å². The number of phosphoric ester groups is 1. The second kappa shape index (κ2) is 38.3. The van der Waals surface area contributed by atoms with Crippen LogP contribution in [0.4, 0.5) is 0 Å². The third-order valence-corrected chi connectivity index (χ3v) is 12.4. The minimum atomic E-state index is -5.11. The number of hydrogen-bond acceptors (Lipinski definition) is 13. The molecule has 0 amide bonds. The highest BCUT2D eigenvalue weighted by Gasteiger charge is 2.51. The molecule has 0 saturated heterocycles. The SMILES string of the molecule is CCCCCCCCCCCCCCCCCC(=O)OC[C@@H](COP(=O)(O)OC1[C@H](O)[C@H](O)C(O)[C@H](O)[C@H]1O)OC(=O)CCCCCCCCCCCCCCCCC.N. The van der Waals surface area contributed by atoms with Crippen LogP contribution in [0.3, 0.4) is 0 Å². The highest BCUT2D eigenvalue weighted by atomic mass is 31.2. The predicted octanol–water partition coefficient (Wildman–Crippen LogP) is 9.45. The zero-order valence-electron chi connectivity index (χ0n) is 37.8. The molecule has 8 atom stereocenters. The predicted molar refractivity (Wildman–Crippen MR) is 236 cm³/mol. The van der Waals surface area contributed by atoms with Crippen LogP contribution in [-0.4, -0.2) is 98.3 Å². The van der Waals surface area contributed by atoms with E-state index >= 15 is 0 Å². The van der Waals surface area contributed by atoms with Crippen molar-refractivity contribution in [1.29, 1.82) is 0 Å². The molecule has 1 rings (SSSR count). The first kappa shape index (κ1) is 58.8. The lowest BCUT2D eigenvalue weighted by Crippen LogP contribution is -2.64. The van der Waals surface area contributed by atoms with Crippen LogP contribution < -0.4 is 6.15 Å². The quantitative estimate of drug-likeness (QED) is 0.0172. The van der Waals surface area contributed by atoms with Gasteiger partial charge in [-0.3, -0.25) is 18.6 Å². The molecule has 0 aromatic carbocycles. The van der Waals surface area contributed by atoms with Crippen molar-refractivity contribution in [2.24, 2.45) is 0 Å². The number of aliphatic hydroxyl groups is 5. The van der Waals surface area contributed by atoms with Crippen LogP contribution in [0.15, 0.2) is 0 Å². The third-order valence-electron chi connectivity index (χ3n) is 11.4. The van der Waals surface area contributed by atoms with E-state index in [1.165, 1.54) is 141 Å². The highest BCUT2D eigenvalue weighted by Crippen LogP contribution is 2.47. The second-order valence-corrected chi connectivity index (χ2v) is 18.4. The zero-order valence-corrected chi connectivity index (χ0v) is 38.7. The number of phosphoric acid groups is 1. The van der Waals surface area contributed by atoms with Crippen LogP contribution in [0, 0.1) is 0 Å². The molecule has 1 saturated carbocycles. The van der Waals surface area contributed by atoms with Crippen molar-refractivity contribution in [3.63, 3.8) is 0 Å². The first-order chi connectivity index (χ1) is 28.4. The Balaban J connectivity index is 0.0000348. The lowest BCUT2D eigenvalue weighted by molar-refractivity contribution is -0.220. The van der Waals surface area contributed by atoms with Crippen molar-refractivity contribution in [3.05, 3.63) is 0 Å². The van der Waals surface area contributed by atoms with Crippen LogP contribution in [0.1, 0.15) is 219 Å². The van der Waals surface area contributed by atoms with Gasteiger partial charge in [-0.15, -0.1) is 0 Å². The van der Waals surface area contributed by atoms with E-state index < -0.39 is 75.7 Å². The molecule has 15 heteroatoms. The van der Waals surface area contributed by atoms with Crippen LogP contribution >= 0.6 is 7.82 Å². The number of carbonyl (C=O) groups is 2. The van der Waals surface area contributed by atoms with Gasteiger partial charge < -0.3 is 46.1 Å². The molecule has 0 aromatic heterocycles. The van der Waals surface area contributed by atoms with E-state index in [1.54, 1.807) is 0 Å². The van der Waals surface area contributed by atoms with Crippen LogP contribution in [-0.2, 0) is 32.7 Å². The number of carbonyl (C=O) groups excluding carboxylic acids is 2. The Morgan fingerprint density at radius 2 is 0.767 bits per heavy atom. The molecule has 0 aliphatic heterocycles. The van der Waals surface area contributed by atoms with Gasteiger partial charge in [0.1, 0.15) is 43.2 Å². The van der Waals surface area contributed by atoms with Crippen molar-refractivity contribution in [2.75, 3.05) is 13.2 Å².